The highest BCUT2D eigenvalue weighted by atomic mass is 16.5. The summed E-state index contributed by atoms with van der Waals surface area (Å²) < 4.78 is 7.08. The minimum Gasteiger partial charge on any atom is -0.508 e. The van der Waals surface area contributed by atoms with Crippen LogP contribution in [0.3, 0.4) is 0 Å². The fourth-order valence-electron chi connectivity index (χ4n) is 4.75. The normalized spacial score (nSPS) is 19.3. The number of benzene rings is 1. The Morgan fingerprint density at radius 1 is 1.26 bits per heavy atom. The first-order valence-corrected chi connectivity index (χ1v) is 10.5. The van der Waals surface area contributed by atoms with Gasteiger partial charge in [-0.05, 0) is 57.3 Å². The van der Waals surface area contributed by atoms with E-state index in [2.05, 4.69) is 0 Å². The predicted octanol–water partition coefficient (Wildman–Crippen LogP) is 2.92. The van der Waals surface area contributed by atoms with Gasteiger partial charge in [-0.2, -0.15) is 0 Å². The standard InChI is InChI=1S/C24H25N3O4/c1-5-24(2)17-9-19-21-13(10-27(19)22(29)16(17)12-31-23(24)30)8-14-15(11-26(3)4)20(28)7-6-18(14)25-21/h6-9,28H,5,10-12H2,1-4H3. The van der Waals surface area contributed by atoms with Gasteiger partial charge in [0.2, 0.25) is 0 Å². The van der Waals surface area contributed by atoms with Gasteiger partial charge in [-0.15, -0.1) is 0 Å². The number of nitrogens with zero attached hydrogens (tertiary/aromatic N) is 3. The van der Waals surface area contributed by atoms with Gasteiger partial charge in [0.05, 0.1) is 34.4 Å². The molecule has 4 heterocycles. The summed E-state index contributed by atoms with van der Waals surface area (Å²) in [5, 5.41) is 11.3. The molecular formula is C24H25N3O4. The Labute approximate surface area is 179 Å². The molecule has 7 nitrogen and oxygen atoms in total. The summed E-state index contributed by atoms with van der Waals surface area (Å²) in [5.41, 5.74) is 4.34. The molecule has 0 bridgehead atoms. The van der Waals surface area contributed by atoms with E-state index < -0.39 is 5.41 Å². The van der Waals surface area contributed by atoms with E-state index in [1.54, 1.807) is 16.7 Å². The molecule has 1 unspecified atom stereocenters. The van der Waals surface area contributed by atoms with Crippen molar-refractivity contribution >= 4 is 16.9 Å². The lowest BCUT2D eigenvalue weighted by atomic mass is 9.76. The molecule has 0 saturated heterocycles. The molecule has 2 aromatic heterocycles. The van der Waals surface area contributed by atoms with E-state index in [-0.39, 0.29) is 23.9 Å². The zero-order valence-corrected chi connectivity index (χ0v) is 18.2. The molecule has 0 fully saturated rings. The number of hydrogen-bond acceptors (Lipinski definition) is 6. The van der Waals surface area contributed by atoms with Crippen LogP contribution in [0.2, 0.25) is 0 Å². The van der Waals surface area contributed by atoms with E-state index in [4.69, 9.17) is 9.72 Å². The van der Waals surface area contributed by atoms with Gasteiger partial charge in [-0.3, -0.25) is 9.59 Å². The number of ether oxygens (including phenoxy) is 1. The number of aromatic hydroxyl groups is 1. The molecule has 0 amide bonds. The van der Waals surface area contributed by atoms with Crippen molar-refractivity contribution in [1.29, 1.82) is 0 Å². The molecule has 1 aromatic carbocycles. The van der Waals surface area contributed by atoms with Crippen LogP contribution in [0.15, 0.2) is 29.1 Å². The van der Waals surface area contributed by atoms with Crippen LogP contribution < -0.4 is 5.56 Å². The van der Waals surface area contributed by atoms with Gasteiger partial charge < -0.3 is 19.3 Å². The van der Waals surface area contributed by atoms with Gasteiger partial charge in [0.15, 0.2) is 0 Å². The molecule has 1 N–H and O–H groups in total. The van der Waals surface area contributed by atoms with Gasteiger partial charge in [-0.1, -0.05) is 6.92 Å². The number of aromatic nitrogens is 2. The van der Waals surface area contributed by atoms with Crippen LogP contribution in [0.4, 0.5) is 0 Å². The Hall–Kier alpha value is -3.19. The molecule has 2 aliphatic rings. The van der Waals surface area contributed by atoms with E-state index in [9.17, 15) is 14.7 Å². The summed E-state index contributed by atoms with van der Waals surface area (Å²) >= 11 is 0. The number of esters is 1. The second-order valence-electron chi connectivity index (χ2n) is 8.94. The summed E-state index contributed by atoms with van der Waals surface area (Å²) in [5.74, 6) is -0.0548. The molecular weight excluding hydrogens is 394 g/mol. The van der Waals surface area contributed by atoms with Crippen LogP contribution in [-0.2, 0) is 34.6 Å². The molecule has 0 spiro atoms. The van der Waals surface area contributed by atoms with Crippen molar-refractivity contribution < 1.29 is 14.6 Å². The molecule has 160 valence electrons. The maximum atomic E-state index is 13.3. The third kappa shape index (κ3) is 2.73. The van der Waals surface area contributed by atoms with Crippen molar-refractivity contribution in [2.45, 2.75) is 45.4 Å². The minimum absolute atomic E-state index is 0.00940. The minimum atomic E-state index is -0.841. The molecule has 3 aromatic rings. The topological polar surface area (TPSA) is 84.7 Å². The first-order valence-electron chi connectivity index (χ1n) is 10.5. The van der Waals surface area contributed by atoms with Crippen LogP contribution in [-0.4, -0.2) is 39.6 Å². The molecule has 31 heavy (non-hydrogen) atoms. The monoisotopic (exact) mass is 419 g/mol. The summed E-state index contributed by atoms with van der Waals surface area (Å²) in [6.07, 6.45) is 0.549. The Bertz CT molecular complexity index is 1320. The first-order chi connectivity index (χ1) is 14.7. The van der Waals surface area contributed by atoms with Crippen molar-refractivity contribution in [3.63, 3.8) is 0 Å². The lowest BCUT2D eigenvalue weighted by Crippen LogP contribution is -2.42. The number of cyclic esters (lactones) is 1. The third-order valence-corrected chi connectivity index (χ3v) is 6.71. The number of carbonyl (C=O) groups excluding carboxylic acids is 1. The lowest BCUT2D eigenvalue weighted by molar-refractivity contribution is -0.153. The second kappa shape index (κ2) is 6.65. The summed E-state index contributed by atoms with van der Waals surface area (Å²) in [6, 6.07) is 7.45. The molecule has 0 radical (unpaired) electrons. The van der Waals surface area contributed by atoms with Crippen molar-refractivity contribution in [3.8, 4) is 17.1 Å². The number of phenolic OH excluding ortho intramolecular Hbond substituents is 1. The van der Waals surface area contributed by atoms with Crippen LogP contribution in [0.25, 0.3) is 22.3 Å². The smallest absolute Gasteiger partial charge is 0.316 e. The number of carbonyl (C=O) groups is 1. The highest BCUT2D eigenvalue weighted by molar-refractivity contribution is 5.89. The predicted molar refractivity (Wildman–Crippen MR) is 117 cm³/mol. The van der Waals surface area contributed by atoms with Crippen molar-refractivity contribution in [2.75, 3.05) is 14.1 Å². The molecule has 7 heteroatoms. The maximum absolute atomic E-state index is 13.3. The number of hydrogen-bond donors (Lipinski definition) is 1. The van der Waals surface area contributed by atoms with E-state index in [1.807, 2.05) is 45.0 Å². The SMILES string of the molecule is CCC1(C)C(=O)OCc2c1cc1n(c2=O)Cc2cc3c(CN(C)C)c(O)ccc3nc2-1. The quantitative estimate of drug-likeness (QED) is 0.514. The summed E-state index contributed by atoms with van der Waals surface area (Å²) in [4.78, 5) is 32.7. The van der Waals surface area contributed by atoms with Crippen molar-refractivity contribution in [1.82, 2.24) is 14.5 Å². The van der Waals surface area contributed by atoms with Crippen LogP contribution >= 0.6 is 0 Å². The number of fused-ring (bicyclic) bond motifs is 5. The highest BCUT2D eigenvalue weighted by Crippen LogP contribution is 2.40. The second-order valence-corrected chi connectivity index (χ2v) is 8.94. The van der Waals surface area contributed by atoms with Crippen molar-refractivity contribution in [2.24, 2.45) is 0 Å². The largest absolute Gasteiger partial charge is 0.508 e. The van der Waals surface area contributed by atoms with Gasteiger partial charge >= 0.3 is 5.97 Å². The Morgan fingerprint density at radius 3 is 2.74 bits per heavy atom. The highest BCUT2D eigenvalue weighted by Gasteiger charge is 2.43. The molecule has 5 rings (SSSR count). The van der Waals surface area contributed by atoms with Gasteiger partial charge in [-0.25, -0.2) is 4.98 Å². The van der Waals surface area contributed by atoms with Crippen LogP contribution in [0.1, 0.15) is 42.5 Å². The fraction of sp³-hybridized carbons (Fsp3) is 0.375. The average Bonchev–Trinajstić information content (AvgIpc) is 3.10. The van der Waals surface area contributed by atoms with E-state index in [1.165, 1.54) is 0 Å². The lowest BCUT2D eigenvalue weighted by Gasteiger charge is -2.33. The number of pyridine rings is 2. The summed E-state index contributed by atoms with van der Waals surface area (Å²) in [6.45, 7) is 4.77. The Kier molecular flexibility index (Phi) is 4.24. The van der Waals surface area contributed by atoms with Gasteiger partial charge in [0, 0.05) is 23.1 Å². The zero-order chi connectivity index (χ0) is 22.1. The Balaban J connectivity index is 1.75. The van der Waals surface area contributed by atoms with E-state index >= 15 is 0 Å². The van der Waals surface area contributed by atoms with Crippen molar-refractivity contribution in [3.05, 3.63) is 56.9 Å². The fourth-order valence-corrected chi connectivity index (χ4v) is 4.75. The Morgan fingerprint density at radius 2 is 2.03 bits per heavy atom. The number of phenols is 1. The van der Waals surface area contributed by atoms with Gasteiger partial charge in [0.25, 0.3) is 5.56 Å². The average molecular weight is 419 g/mol. The first kappa shape index (κ1) is 19.8. The van der Waals surface area contributed by atoms with Crippen LogP contribution in [0, 0.1) is 0 Å². The zero-order valence-electron chi connectivity index (χ0n) is 18.2. The van der Waals surface area contributed by atoms with E-state index in [0.717, 1.165) is 39.0 Å². The van der Waals surface area contributed by atoms with Crippen LogP contribution in [0.5, 0.6) is 5.75 Å². The van der Waals surface area contributed by atoms with E-state index in [0.29, 0.717) is 25.1 Å². The summed E-state index contributed by atoms with van der Waals surface area (Å²) in [7, 11) is 3.90. The molecule has 0 saturated carbocycles. The number of rotatable bonds is 3. The third-order valence-electron chi connectivity index (χ3n) is 6.71. The molecule has 2 aliphatic heterocycles. The molecule has 0 aliphatic carbocycles. The molecule has 1 atom stereocenters. The maximum Gasteiger partial charge on any atom is 0.316 e. The van der Waals surface area contributed by atoms with Gasteiger partial charge in [0.1, 0.15) is 12.4 Å².